The van der Waals surface area contributed by atoms with E-state index in [2.05, 4.69) is 25.8 Å². The van der Waals surface area contributed by atoms with E-state index in [0.29, 0.717) is 12.2 Å². The molecule has 3 aromatic rings. The molecule has 0 bridgehead atoms. The Kier molecular flexibility index (Phi) is 10.0. The molecule has 0 aromatic carbocycles. The number of carbonyl (C=O) groups is 2. The average molecular weight is 533 g/mol. The molecular weight excluding hydrogens is 500 g/mol. The van der Waals surface area contributed by atoms with Crippen LogP contribution in [0.1, 0.15) is 12.8 Å². The van der Waals surface area contributed by atoms with E-state index in [4.69, 9.17) is 24.9 Å². The lowest BCUT2D eigenvalue weighted by Crippen LogP contribution is -2.43. The number of anilines is 1. The van der Waals surface area contributed by atoms with E-state index < -0.39 is 11.9 Å². The predicted molar refractivity (Wildman–Crippen MR) is 145 cm³/mol. The monoisotopic (exact) mass is 532 g/mol. The van der Waals surface area contributed by atoms with Crippen molar-refractivity contribution in [2.45, 2.75) is 12.8 Å². The fraction of sp³-hybridized carbons (Fsp3) is 0.357. The van der Waals surface area contributed by atoms with Crippen molar-refractivity contribution in [2.75, 3.05) is 50.8 Å². The molecule has 0 spiro atoms. The smallest absolute Gasteiger partial charge is 0.328 e. The van der Waals surface area contributed by atoms with E-state index in [0.717, 1.165) is 73.8 Å². The molecule has 0 saturated carbocycles. The number of hydrogen-bond acceptors (Lipinski definition) is 9. The van der Waals surface area contributed by atoms with Crippen LogP contribution in [-0.2, 0) is 14.3 Å². The van der Waals surface area contributed by atoms with Crippen LogP contribution >= 0.6 is 0 Å². The van der Waals surface area contributed by atoms with E-state index >= 15 is 0 Å². The number of hydrogen-bond donors (Lipinski definition) is 2. The SMILES string of the molecule is O=C(O)/C=C/C(=O)O.c1cncc(-c2cc(N3CCC(CN4CCOCC4)CC3)nc(-c3ccncc3)n2)c1. The third-order valence-electron chi connectivity index (χ3n) is 6.54. The van der Waals surface area contributed by atoms with Gasteiger partial charge in [-0.2, -0.15) is 0 Å². The highest BCUT2D eigenvalue weighted by Crippen LogP contribution is 2.28. The molecule has 2 aliphatic rings. The second kappa shape index (κ2) is 14.1. The van der Waals surface area contributed by atoms with Gasteiger partial charge in [0.25, 0.3) is 0 Å². The summed E-state index contributed by atoms with van der Waals surface area (Å²) in [5, 5.41) is 15.6. The van der Waals surface area contributed by atoms with Crippen molar-refractivity contribution in [3.63, 3.8) is 0 Å². The number of aliphatic carboxylic acids is 2. The summed E-state index contributed by atoms with van der Waals surface area (Å²) < 4.78 is 5.49. The molecule has 11 nitrogen and oxygen atoms in total. The Hall–Kier alpha value is -4.22. The molecule has 2 saturated heterocycles. The molecule has 5 heterocycles. The van der Waals surface area contributed by atoms with Gasteiger partial charge >= 0.3 is 11.9 Å². The summed E-state index contributed by atoms with van der Waals surface area (Å²) in [6, 6.07) is 10.0. The van der Waals surface area contributed by atoms with Crippen molar-refractivity contribution < 1.29 is 24.5 Å². The van der Waals surface area contributed by atoms with E-state index in [1.807, 2.05) is 30.5 Å². The summed E-state index contributed by atoms with van der Waals surface area (Å²) in [5.74, 6) is -0.0480. The van der Waals surface area contributed by atoms with E-state index in [1.54, 1.807) is 18.6 Å². The van der Waals surface area contributed by atoms with Crippen LogP contribution in [0.4, 0.5) is 5.82 Å². The van der Waals surface area contributed by atoms with Gasteiger partial charge in [0.15, 0.2) is 5.82 Å². The van der Waals surface area contributed by atoms with Crippen molar-refractivity contribution in [1.29, 1.82) is 0 Å². The first-order valence-electron chi connectivity index (χ1n) is 12.9. The highest BCUT2D eigenvalue weighted by molar-refractivity contribution is 5.89. The molecule has 0 radical (unpaired) electrons. The van der Waals surface area contributed by atoms with Gasteiger partial charge in [-0.05, 0) is 43.0 Å². The maximum atomic E-state index is 9.55. The third kappa shape index (κ3) is 8.66. The number of rotatable bonds is 7. The molecule has 2 N–H and O–H groups in total. The molecule has 0 aliphatic carbocycles. The fourth-order valence-corrected chi connectivity index (χ4v) is 4.52. The van der Waals surface area contributed by atoms with Crippen LogP contribution in [0.2, 0.25) is 0 Å². The number of aromatic nitrogens is 4. The average Bonchev–Trinajstić information content (AvgIpc) is 2.98. The summed E-state index contributed by atoms with van der Waals surface area (Å²) in [7, 11) is 0. The minimum absolute atomic E-state index is 0.558. The Labute approximate surface area is 226 Å². The zero-order valence-corrected chi connectivity index (χ0v) is 21.6. The van der Waals surface area contributed by atoms with Gasteiger partial charge in [0, 0.05) is 86.9 Å². The van der Waals surface area contributed by atoms with E-state index in [1.165, 1.54) is 19.4 Å². The summed E-state index contributed by atoms with van der Waals surface area (Å²) in [6.45, 7) is 7.10. The minimum atomic E-state index is -1.26. The van der Waals surface area contributed by atoms with Gasteiger partial charge in [-0.15, -0.1) is 0 Å². The largest absolute Gasteiger partial charge is 0.478 e. The summed E-state index contributed by atoms with van der Waals surface area (Å²) in [4.78, 5) is 42.2. The van der Waals surface area contributed by atoms with Crippen molar-refractivity contribution in [1.82, 2.24) is 24.8 Å². The molecule has 11 heteroatoms. The fourth-order valence-electron chi connectivity index (χ4n) is 4.52. The van der Waals surface area contributed by atoms with Crippen LogP contribution in [0.5, 0.6) is 0 Å². The van der Waals surface area contributed by atoms with Crippen molar-refractivity contribution in [3.05, 3.63) is 67.3 Å². The standard InChI is InChI=1S/C24H28N6O.C4H4O4/c1-2-21(17-26-7-1)22-16-23(28-24(27-22)20-3-8-25-9-4-20)30-10-5-19(6-11-30)18-29-12-14-31-15-13-29;5-3(6)1-2-4(7)8/h1-4,7-9,16-17,19H,5-6,10-15,18H2;1-2H,(H,5,6)(H,7,8)/b;2-1+. The molecule has 0 unspecified atom stereocenters. The van der Waals surface area contributed by atoms with Crippen LogP contribution < -0.4 is 4.90 Å². The number of carboxylic acids is 2. The van der Waals surface area contributed by atoms with Crippen LogP contribution in [0.15, 0.2) is 67.3 Å². The Morgan fingerprint density at radius 3 is 2.21 bits per heavy atom. The van der Waals surface area contributed by atoms with Crippen LogP contribution in [0, 0.1) is 5.92 Å². The van der Waals surface area contributed by atoms with Gasteiger partial charge < -0.3 is 19.8 Å². The Morgan fingerprint density at radius 2 is 1.59 bits per heavy atom. The Bertz CT molecular complexity index is 1170. The Balaban J connectivity index is 0.000000386. The zero-order valence-electron chi connectivity index (χ0n) is 21.6. The van der Waals surface area contributed by atoms with Gasteiger partial charge in [-0.3, -0.25) is 14.9 Å². The molecule has 2 aliphatic heterocycles. The molecule has 3 aromatic heterocycles. The summed E-state index contributed by atoms with van der Waals surface area (Å²) in [5.41, 5.74) is 2.88. The maximum absolute atomic E-state index is 9.55. The Morgan fingerprint density at radius 1 is 0.897 bits per heavy atom. The maximum Gasteiger partial charge on any atom is 0.328 e. The molecule has 0 atom stereocenters. The molecule has 2 fully saturated rings. The highest BCUT2D eigenvalue weighted by Gasteiger charge is 2.24. The molecular formula is C28H32N6O5. The van der Waals surface area contributed by atoms with E-state index in [9.17, 15) is 9.59 Å². The van der Waals surface area contributed by atoms with Gasteiger partial charge in [0.05, 0.1) is 18.9 Å². The quantitative estimate of drug-likeness (QED) is 0.434. The molecule has 5 rings (SSSR count). The van der Waals surface area contributed by atoms with Crippen LogP contribution in [0.25, 0.3) is 22.6 Å². The number of nitrogens with zero attached hydrogens (tertiary/aromatic N) is 6. The first-order valence-corrected chi connectivity index (χ1v) is 12.9. The lowest BCUT2D eigenvalue weighted by atomic mass is 9.96. The summed E-state index contributed by atoms with van der Waals surface area (Å²) in [6.07, 6.45) is 10.7. The number of morpholine rings is 1. The number of piperidine rings is 1. The molecule has 39 heavy (non-hydrogen) atoms. The van der Waals surface area contributed by atoms with Gasteiger partial charge in [0.1, 0.15) is 5.82 Å². The minimum Gasteiger partial charge on any atom is -0.478 e. The zero-order chi connectivity index (χ0) is 27.5. The van der Waals surface area contributed by atoms with Crippen LogP contribution in [0.3, 0.4) is 0 Å². The summed E-state index contributed by atoms with van der Waals surface area (Å²) >= 11 is 0. The second-order valence-electron chi connectivity index (χ2n) is 9.27. The molecule has 0 amide bonds. The van der Waals surface area contributed by atoms with Gasteiger partial charge in [0.2, 0.25) is 0 Å². The molecule has 204 valence electrons. The number of ether oxygens (including phenoxy) is 1. The van der Waals surface area contributed by atoms with Crippen molar-refractivity contribution in [3.8, 4) is 22.6 Å². The second-order valence-corrected chi connectivity index (χ2v) is 9.27. The topological polar surface area (TPSA) is 142 Å². The highest BCUT2D eigenvalue weighted by atomic mass is 16.5. The third-order valence-corrected chi connectivity index (χ3v) is 6.54. The van der Waals surface area contributed by atoms with Crippen LogP contribution in [-0.4, -0.2) is 92.9 Å². The normalized spacial score (nSPS) is 16.5. The van der Waals surface area contributed by atoms with E-state index in [-0.39, 0.29) is 0 Å². The van der Waals surface area contributed by atoms with Gasteiger partial charge in [-0.25, -0.2) is 19.6 Å². The lowest BCUT2D eigenvalue weighted by Gasteiger charge is -2.36. The van der Waals surface area contributed by atoms with Crippen molar-refractivity contribution in [2.24, 2.45) is 5.92 Å². The van der Waals surface area contributed by atoms with Gasteiger partial charge in [-0.1, -0.05) is 0 Å². The first kappa shape index (κ1) is 27.8. The first-order chi connectivity index (χ1) is 19.0. The predicted octanol–water partition coefficient (Wildman–Crippen LogP) is 2.86. The number of pyridine rings is 2. The lowest BCUT2D eigenvalue weighted by molar-refractivity contribution is -0.134. The number of carboxylic acid groups (broad SMARTS) is 2. The van der Waals surface area contributed by atoms with Crippen molar-refractivity contribution >= 4 is 17.8 Å².